The normalized spacial score (nSPS) is 14.5. The number of allylic oxidation sites excluding steroid dienone is 12. The summed E-state index contributed by atoms with van der Waals surface area (Å²) < 4.78 is 32.6. The Kier molecular flexibility index (Phi) is 36.6. The van der Waals surface area contributed by atoms with Crippen LogP contribution in [0.5, 0.6) is 0 Å². The van der Waals surface area contributed by atoms with E-state index in [2.05, 4.69) is 79.1 Å². The number of carbonyl (C=O) groups excluding carboxylic acids is 2. The van der Waals surface area contributed by atoms with E-state index in [9.17, 15) is 23.8 Å². The summed E-state index contributed by atoms with van der Waals surface area (Å²) >= 11 is 0. The molecule has 0 aromatic heterocycles. The van der Waals surface area contributed by atoms with E-state index in [4.69, 9.17) is 24.8 Å². The van der Waals surface area contributed by atoms with Gasteiger partial charge in [0.05, 0.1) is 13.2 Å². The molecule has 3 atom stereocenters. The van der Waals surface area contributed by atoms with Gasteiger partial charge in [-0.1, -0.05) is 138 Å². The first kappa shape index (κ1) is 52.9. The maximum Gasteiger partial charge on any atom is 0.472 e. The average molecular weight is 808 g/mol. The van der Waals surface area contributed by atoms with E-state index in [0.717, 1.165) is 64.2 Å². The van der Waals surface area contributed by atoms with Gasteiger partial charge in [0, 0.05) is 12.8 Å². The third-order valence-corrected chi connectivity index (χ3v) is 9.41. The second-order valence-corrected chi connectivity index (χ2v) is 15.2. The Morgan fingerprint density at radius 2 is 1.02 bits per heavy atom. The van der Waals surface area contributed by atoms with Crippen molar-refractivity contribution in [2.75, 3.05) is 19.8 Å². The number of rotatable bonds is 38. The molecule has 0 aromatic rings. The summed E-state index contributed by atoms with van der Waals surface area (Å²) in [4.78, 5) is 45.9. The Morgan fingerprint density at radius 3 is 1.61 bits per heavy atom. The number of phosphoric acid groups is 1. The molecule has 0 rings (SSSR count). The molecule has 0 aromatic carbocycles. The molecule has 0 aliphatic heterocycles. The molecule has 0 heterocycles. The topological polar surface area (TPSA) is 172 Å². The van der Waals surface area contributed by atoms with Gasteiger partial charge in [-0.3, -0.25) is 23.4 Å². The number of carboxylic acids is 1. The Labute approximate surface area is 338 Å². The highest BCUT2D eigenvalue weighted by molar-refractivity contribution is 7.47. The number of aliphatic carboxylic acids is 1. The molecule has 0 saturated carbocycles. The summed E-state index contributed by atoms with van der Waals surface area (Å²) in [5, 5.41) is 8.88. The van der Waals surface area contributed by atoms with E-state index in [-0.39, 0.29) is 19.4 Å². The number of unbranched alkanes of at least 4 members (excludes halogenated alkanes) is 13. The molecule has 56 heavy (non-hydrogen) atoms. The molecular formula is C44H74NO10P. The Morgan fingerprint density at radius 1 is 0.571 bits per heavy atom. The lowest BCUT2D eigenvalue weighted by Gasteiger charge is -2.20. The van der Waals surface area contributed by atoms with Crippen LogP contribution >= 0.6 is 7.82 Å². The SMILES string of the molecule is CCCCC/C=C/C/C=C/C/C=C/C/C=C/CCCC(=O)OC[C@H](COP(=O)(O)OC[C@H](N)C(=O)O)OC(=O)CCCCCCC/C=C/C=C/CCCCCC. The van der Waals surface area contributed by atoms with Gasteiger partial charge in [-0.2, -0.15) is 0 Å². The van der Waals surface area contributed by atoms with Crippen LogP contribution in [0, 0.1) is 0 Å². The number of phosphoric ester groups is 1. The van der Waals surface area contributed by atoms with Crippen LogP contribution in [0.1, 0.15) is 155 Å². The molecule has 12 heteroatoms. The third-order valence-electron chi connectivity index (χ3n) is 8.45. The molecule has 0 amide bonds. The Hall–Kier alpha value is -3.08. The summed E-state index contributed by atoms with van der Waals surface area (Å²) in [5.74, 6) is -2.48. The van der Waals surface area contributed by atoms with Crippen LogP contribution in [0.15, 0.2) is 72.9 Å². The molecule has 0 aliphatic carbocycles. The maximum absolute atomic E-state index is 12.6. The first-order valence-corrected chi connectivity index (χ1v) is 22.5. The van der Waals surface area contributed by atoms with Crippen LogP contribution in [0.3, 0.4) is 0 Å². The smallest absolute Gasteiger partial charge is 0.472 e. The van der Waals surface area contributed by atoms with Crippen molar-refractivity contribution in [3.8, 4) is 0 Å². The number of nitrogens with two attached hydrogens (primary N) is 1. The summed E-state index contributed by atoms with van der Waals surface area (Å²) in [6, 6.07) is -1.53. The van der Waals surface area contributed by atoms with Gasteiger partial charge >= 0.3 is 25.7 Å². The Bertz CT molecular complexity index is 1230. The molecular weight excluding hydrogens is 733 g/mol. The summed E-state index contributed by atoms with van der Waals surface area (Å²) in [6.07, 6.45) is 45.4. The highest BCUT2D eigenvalue weighted by atomic mass is 31.2. The van der Waals surface area contributed by atoms with Crippen molar-refractivity contribution in [1.82, 2.24) is 0 Å². The lowest BCUT2D eigenvalue weighted by atomic mass is 10.1. The van der Waals surface area contributed by atoms with E-state index in [1.807, 2.05) is 12.2 Å². The van der Waals surface area contributed by atoms with Crippen LogP contribution in [0.25, 0.3) is 0 Å². The lowest BCUT2D eigenvalue weighted by Crippen LogP contribution is -2.34. The predicted molar refractivity (Wildman–Crippen MR) is 226 cm³/mol. The van der Waals surface area contributed by atoms with Crippen molar-refractivity contribution in [3.63, 3.8) is 0 Å². The lowest BCUT2D eigenvalue weighted by molar-refractivity contribution is -0.161. The first-order chi connectivity index (χ1) is 27.1. The van der Waals surface area contributed by atoms with E-state index in [1.165, 1.54) is 44.9 Å². The highest BCUT2D eigenvalue weighted by Gasteiger charge is 2.28. The number of carboxylic acid groups (broad SMARTS) is 1. The largest absolute Gasteiger partial charge is 0.480 e. The summed E-state index contributed by atoms with van der Waals surface area (Å²) in [5.41, 5.74) is 5.32. The maximum atomic E-state index is 12.6. The quantitative estimate of drug-likeness (QED) is 0.0178. The minimum atomic E-state index is -4.73. The van der Waals surface area contributed by atoms with Gasteiger partial charge < -0.3 is 25.2 Å². The van der Waals surface area contributed by atoms with Crippen molar-refractivity contribution in [1.29, 1.82) is 0 Å². The fourth-order valence-electron chi connectivity index (χ4n) is 5.11. The predicted octanol–water partition coefficient (Wildman–Crippen LogP) is 10.9. The monoisotopic (exact) mass is 808 g/mol. The van der Waals surface area contributed by atoms with Crippen LogP contribution in [-0.2, 0) is 37.5 Å². The van der Waals surface area contributed by atoms with Gasteiger partial charge in [0.1, 0.15) is 12.6 Å². The average Bonchev–Trinajstić information content (AvgIpc) is 3.17. The molecule has 0 spiro atoms. The van der Waals surface area contributed by atoms with Gasteiger partial charge in [-0.15, -0.1) is 0 Å². The first-order valence-electron chi connectivity index (χ1n) is 21.0. The van der Waals surface area contributed by atoms with Crippen molar-refractivity contribution >= 4 is 25.7 Å². The van der Waals surface area contributed by atoms with Crippen LogP contribution in [0.2, 0.25) is 0 Å². The number of ether oxygens (including phenoxy) is 2. The van der Waals surface area contributed by atoms with E-state index in [0.29, 0.717) is 19.3 Å². The molecule has 0 aliphatic rings. The minimum Gasteiger partial charge on any atom is -0.480 e. The number of carbonyl (C=O) groups is 3. The zero-order valence-electron chi connectivity index (χ0n) is 34.4. The van der Waals surface area contributed by atoms with Crippen molar-refractivity contribution in [2.45, 2.75) is 167 Å². The van der Waals surface area contributed by atoms with Crippen LogP contribution in [0.4, 0.5) is 0 Å². The van der Waals surface area contributed by atoms with Gasteiger partial charge in [0.2, 0.25) is 0 Å². The second kappa shape index (κ2) is 38.8. The molecule has 11 nitrogen and oxygen atoms in total. The summed E-state index contributed by atoms with van der Waals surface area (Å²) in [6.45, 7) is 2.66. The highest BCUT2D eigenvalue weighted by Crippen LogP contribution is 2.43. The molecule has 320 valence electrons. The number of hydrogen-bond donors (Lipinski definition) is 3. The van der Waals surface area contributed by atoms with E-state index in [1.54, 1.807) is 0 Å². The van der Waals surface area contributed by atoms with Crippen molar-refractivity contribution < 1.29 is 47.5 Å². The second-order valence-electron chi connectivity index (χ2n) is 13.8. The van der Waals surface area contributed by atoms with Crippen LogP contribution in [-0.4, -0.2) is 59.9 Å². The fraction of sp³-hybridized carbons (Fsp3) is 0.659. The zero-order chi connectivity index (χ0) is 41.4. The molecule has 0 bridgehead atoms. The fourth-order valence-corrected chi connectivity index (χ4v) is 5.88. The van der Waals surface area contributed by atoms with Gasteiger partial charge in [0.25, 0.3) is 0 Å². The van der Waals surface area contributed by atoms with Gasteiger partial charge in [-0.25, -0.2) is 4.57 Å². The van der Waals surface area contributed by atoms with Gasteiger partial charge in [-0.05, 0) is 77.0 Å². The van der Waals surface area contributed by atoms with Crippen molar-refractivity contribution in [3.05, 3.63) is 72.9 Å². The van der Waals surface area contributed by atoms with E-state index >= 15 is 0 Å². The summed E-state index contributed by atoms with van der Waals surface area (Å²) in [7, 11) is -4.73. The van der Waals surface area contributed by atoms with Crippen molar-refractivity contribution in [2.24, 2.45) is 5.73 Å². The molecule has 1 unspecified atom stereocenters. The third kappa shape index (κ3) is 37.8. The molecule has 0 saturated heterocycles. The molecule has 0 radical (unpaired) electrons. The number of esters is 2. The molecule has 4 N–H and O–H groups in total. The Balaban J connectivity index is 4.53. The number of hydrogen-bond acceptors (Lipinski definition) is 9. The van der Waals surface area contributed by atoms with E-state index < -0.39 is 51.1 Å². The zero-order valence-corrected chi connectivity index (χ0v) is 35.3. The minimum absolute atomic E-state index is 0.128. The van der Waals surface area contributed by atoms with Gasteiger partial charge in [0.15, 0.2) is 6.10 Å². The molecule has 0 fully saturated rings. The van der Waals surface area contributed by atoms with Crippen LogP contribution < -0.4 is 5.73 Å². The standard InChI is InChI=1S/C44H74NO10P/c1-3-5-7-9-11-13-15-17-19-20-22-23-25-27-29-31-33-35-42(46)52-37-40(38-53-56(50,51)54-39-41(45)44(48)49)55-43(47)36-34-32-30-28-26-24-21-18-16-14-12-10-8-6-4-2/h11,13-14,16-19,21-23,27,29,40-41H,3-10,12,15,20,24-26,28,30-39,45H2,1-2H3,(H,48,49)(H,50,51)/b13-11+,16-14+,19-17+,21-18+,23-22+,29-27+/t40-,41+/m1/s1.